The summed E-state index contributed by atoms with van der Waals surface area (Å²) in [6, 6.07) is 28.7. The van der Waals surface area contributed by atoms with Crippen molar-refractivity contribution in [3.05, 3.63) is 102 Å². The molecule has 1 aromatic heterocycles. The first kappa shape index (κ1) is 16.4. The average molecular weight is 360 g/mol. The molecule has 0 N–H and O–H groups in total. The fraction of sp³-hybridized carbons (Fsp3) is 0.0455. The van der Waals surface area contributed by atoms with Crippen molar-refractivity contribution in [2.75, 3.05) is 0 Å². The third kappa shape index (κ3) is 3.79. The summed E-state index contributed by atoms with van der Waals surface area (Å²) >= 11 is 5.89. The van der Waals surface area contributed by atoms with Gasteiger partial charge in [-0.2, -0.15) is 5.10 Å². The van der Waals surface area contributed by atoms with Crippen molar-refractivity contribution in [3.8, 4) is 22.7 Å². The maximum Gasteiger partial charge on any atom is 0.119 e. The van der Waals surface area contributed by atoms with Crippen molar-refractivity contribution in [2.45, 2.75) is 6.61 Å². The molecule has 0 unspecified atom stereocenters. The van der Waals surface area contributed by atoms with Gasteiger partial charge in [-0.3, -0.25) is 0 Å². The van der Waals surface area contributed by atoms with E-state index in [9.17, 15) is 0 Å². The third-order valence-electron chi connectivity index (χ3n) is 4.00. The molecule has 3 aromatic carbocycles. The van der Waals surface area contributed by atoms with E-state index in [0.717, 1.165) is 33.3 Å². The molecule has 1 radical (unpaired) electrons. The quantitative estimate of drug-likeness (QED) is 0.465. The van der Waals surface area contributed by atoms with E-state index in [2.05, 4.69) is 11.2 Å². The summed E-state index contributed by atoms with van der Waals surface area (Å²) in [5, 5.41) is 5.32. The molecule has 4 aromatic rings. The molecule has 127 valence electrons. The van der Waals surface area contributed by atoms with Crippen LogP contribution in [-0.4, -0.2) is 9.78 Å². The molecular formula is C22H16ClN2O. The van der Waals surface area contributed by atoms with Crippen LogP contribution in [0.15, 0.2) is 85.1 Å². The van der Waals surface area contributed by atoms with Crippen molar-refractivity contribution in [2.24, 2.45) is 0 Å². The molecule has 4 rings (SSSR count). The van der Waals surface area contributed by atoms with E-state index in [-0.39, 0.29) is 0 Å². The highest BCUT2D eigenvalue weighted by Crippen LogP contribution is 2.22. The van der Waals surface area contributed by atoms with Gasteiger partial charge in [-0.15, -0.1) is 0 Å². The van der Waals surface area contributed by atoms with Crippen molar-refractivity contribution < 1.29 is 4.74 Å². The first-order chi connectivity index (χ1) is 12.8. The van der Waals surface area contributed by atoms with E-state index in [1.54, 1.807) is 0 Å². The summed E-state index contributed by atoms with van der Waals surface area (Å²) in [6.45, 7) is 0.505. The van der Waals surface area contributed by atoms with Gasteiger partial charge in [0.1, 0.15) is 18.1 Å². The molecule has 4 heteroatoms. The molecule has 0 saturated heterocycles. The Bertz CT molecular complexity index is 977. The van der Waals surface area contributed by atoms with Gasteiger partial charge in [-0.25, -0.2) is 4.68 Å². The minimum Gasteiger partial charge on any atom is -0.489 e. The molecule has 0 aliphatic carbocycles. The minimum atomic E-state index is 0.505. The normalized spacial score (nSPS) is 10.7. The first-order valence-electron chi connectivity index (χ1n) is 8.28. The number of hydrogen-bond acceptors (Lipinski definition) is 2. The number of benzene rings is 3. The lowest BCUT2D eigenvalue weighted by atomic mass is 10.1. The number of hydrogen-bond donors (Lipinski definition) is 0. The topological polar surface area (TPSA) is 27.1 Å². The van der Waals surface area contributed by atoms with E-state index in [4.69, 9.17) is 16.3 Å². The van der Waals surface area contributed by atoms with Crippen molar-refractivity contribution in [3.63, 3.8) is 0 Å². The summed E-state index contributed by atoms with van der Waals surface area (Å²) in [5.74, 6) is 0.811. The molecule has 3 nitrogen and oxygen atoms in total. The minimum absolute atomic E-state index is 0.505. The van der Waals surface area contributed by atoms with Crippen LogP contribution in [0.2, 0.25) is 5.02 Å². The second kappa shape index (κ2) is 7.46. The fourth-order valence-corrected chi connectivity index (χ4v) is 2.72. The van der Waals surface area contributed by atoms with Crippen LogP contribution in [0, 0.1) is 6.07 Å². The van der Waals surface area contributed by atoms with Crippen LogP contribution in [0.3, 0.4) is 0 Å². The van der Waals surface area contributed by atoms with Crippen LogP contribution in [0.25, 0.3) is 16.9 Å². The molecule has 1 heterocycles. The van der Waals surface area contributed by atoms with Gasteiger partial charge in [0, 0.05) is 22.8 Å². The van der Waals surface area contributed by atoms with Gasteiger partial charge in [0.05, 0.1) is 5.69 Å². The standard InChI is InChI=1S/C22H16ClN2O/c23-19-10-6-17(7-11-19)16-26-21-12-8-18(9-13-21)22-14-15-25(24-22)20-4-2-1-3-5-20/h1-13,15H,16H2. The first-order valence-corrected chi connectivity index (χ1v) is 8.66. The summed E-state index contributed by atoms with van der Waals surface area (Å²) in [6.07, 6.45) is 1.84. The van der Waals surface area contributed by atoms with Gasteiger partial charge in [0.25, 0.3) is 0 Å². The predicted molar refractivity (Wildman–Crippen MR) is 104 cm³/mol. The number of nitrogens with zero attached hydrogens (tertiary/aromatic N) is 2. The summed E-state index contributed by atoms with van der Waals surface area (Å²) in [5.41, 5.74) is 3.89. The number of aromatic nitrogens is 2. The molecule has 0 bridgehead atoms. The van der Waals surface area contributed by atoms with E-state index in [0.29, 0.717) is 6.61 Å². The SMILES string of the molecule is Clc1ccc(COc2ccc(-c3[c]cn(-c4ccccc4)n3)cc2)cc1. The highest BCUT2D eigenvalue weighted by atomic mass is 35.5. The number of halogens is 1. The van der Waals surface area contributed by atoms with Crippen LogP contribution in [0.5, 0.6) is 5.75 Å². The molecule has 0 aliphatic heterocycles. The number of rotatable bonds is 5. The average Bonchev–Trinajstić information content (AvgIpc) is 3.19. The smallest absolute Gasteiger partial charge is 0.119 e. The van der Waals surface area contributed by atoms with Crippen LogP contribution >= 0.6 is 11.6 Å². The largest absolute Gasteiger partial charge is 0.489 e. The molecule has 0 saturated carbocycles. The second-order valence-corrected chi connectivity index (χ2v) is 6.28. The van der Waals surface area contributed by atoms with Gasteiger partial charge in [0.2, 0.25) is 0 Å². The van der Waals surface area contributed by atoms with Crippen LogP contribution in [0.1, 0.15) is 5.56 Å². The number of para-hydroxylation sites is 1. The van der Waals surface area contributed by atoms with Gasteiger partial charge in [-0.05, 0) is 54.1 Å². The lowest BCUT2D eigenvalue weighted by Gasteiger charge is -2.07. The lowest BCUT2D eigenvalue weighted by molar-refractivity contribution is 0.306. The molecule has 0 atom stereocenters. The third-order valence-corrected chi connectivity index (χ3v) is 4.25. The van der Waals surface area contributed by atoms with E-state index in [1.165, 1.54) is 0 Å². The van der Waals surface area contributed by atoms with Crippen molar-refractivity contribution >= 4 is 11.6 Å². The van der Waals surface area contributed by atoms with E-state index in [1.807, 2.05) is 89.7 Å². The van der Waals surface area contributed by atoms with Crippen molar-refractivity contribution in [1.29, 1.82) is 0 Å². The predicted octanol–water partition coefficient (Wildman–Crippen LogP) is 5.57. The van der Waals surface area contributed by atoms with E-state index >= 15 is 0 Å². The zero-order chi connectivity index (χ0) is 17.8. The lowest BCUT2D eigenvalue weighted by Crippen LogP contribution is -1.95. The Labute approximate surface area is 157 Å². The molecule has 0 aliphatic rings. The Kier molecular flexibility index (Phi) is 4.71. The van der Waals surface area contributed by atoms with E-state index < -0.39 is 0 Å². The van der Waals surface area contributed by atoms with Gasteiger partial charge in [-0.1, -0.05) is 41.9 Å². The Balaban J connectivity index is 1.44. The zero-order valence-electron chi connectivity index (χ0n) is 14.0. The van der Waals surface area contributed by atoms with Crippen molar-refractivity contribution in [1.82, 2.24) is 9.78 Å². The maximum atomic E-state index is 5.89. The Morgan fingerprint density at radius 2 is 1.62 bits per heavy atom. The summed E-state index contributed by atoms with van der Waals surface area (Å²) in [4.78, 5) is 0. The molecule has 0 spiro atoms. The number of ether oxygens (including phenoxy) is 1. The van der Waals surface area contributed by atoms with Crippen LogP contribution < -0.4 is 4.74 Å². The Hall–Kier alpha value is -3.04. The maximum absolute atomic E-state index is 5.89. The Morgan fingerprint density at radius 3 is 2.35 bits per heavy atom. The molecular weight excluding hydrogens is 344 g/mol. The summed E-state index contributed by atoms with van der Waals surface area (Å²) < 4.78 is 7.64. The summed E-state index contributed by atoms with van der Waals surface area (Å²) in [7, 11) is 0. The van der Waals surface area contributed by atoms with Crippen LogP contribution in [-0.2, 0) is 6.61 Å². The monoisotopic (exact) mass is 359 g/mol. The fourth-order valence-electron chi connectivity index (χ4n) is 2.60. The molecule has 26 heavy (non-hydrogen) atoms. The highest BCUT2D eigenvalue weighted by Gasteiger charge is 2.05. The van der Waals surface area contributed by atoms with Gasteiger partial charge >= 0.3 is 0 Å². The second-order valence-electron chi connectivity index (χ2n) is 5.84. The van der Waals surface area contributed by atoms with Crippen LogP contribution in [0.4, 0.5) is 0 Å². The zero-order valence-corrected chi connectivity index (χ0v) is 14.7. The molecule has 0 amide bonds. The van der Waals surface area contributed by atoms with Gasteiger partial charge < -0.3 is 4.74 Å². The highest BCUT2D eigenvalue weighted by molar-refractivity contribution is 6.30. The van der Waals surface area contributed by atoms with Gasteiger partial charge in [0.15, 0.2) is 0 Å². The molecule has 0 fully saturated rings. The Morgan fingerprint density at radius 1 is 0.885 bits per heavy atom.